The van der Waals surface area contributed by atoms with E-state index in [0.717, 1.165) is 5.69 Å². The van der Waals surface area contributed by atoms with Gasteiger partial charge in [0.25, 0.3) is 5.91 Å². The number of anilines is 1. The van der Waals surface area contributed by atoms with Crippen molar-refractivity contribution in [3.8, 4) is 11.5 Å². The molecule has 0 saturated carbocycles. The lowest BCUT2D eigenvalue weighted by Crippen LogP contribution is -2.13. The van der Waals surface area contributed by atoms with E-state index >= 15 is 0 Å². The minimum absolute atomic E-state index is 0.246. The quantitative estimate of drug-likeness (QED) is 0.929. The van der Waals surface area contributed by atoms with Gasteiger partial charge in [0.1, 0.15) is 5.82 Å². The lowest BCUT2D eigenvalue weighted by Gasteiger charge is -2.10. The number of aryl methyl sites for hydroxylation is 1. The van der Waals surface area contributed by atoms with Crippen LogP contribution >= 0.6 is 0 Å². The zero-order valence-electron chi connectivity index (χ0n) is 11.6. The van der Waals surface area contributed by atoms with Gasteiger partial charge in [-0.3, -0.25) is 4.79 Å². The molecule has 20 heavy (non-hydrogen) atoms. The van der Waals surface area contributed by atoms with E-state index in [4.69, 9.17) is 9.47 Å². The number of nitrogens with one attached hydrogen (secondary N) is 1. The number of carbonyl (C=O) groups is 1. The Balaban J connectivity index is 2.21. The Bertz CT molecular complexity index is 626. The Hall–Kier alpha value is -2.56. The predicted octanol–water partition coefficient (Wildman–Crippen LogP) is 2.66. The average Bonchev–Trinajstić information content (AvgIpc) is 2.46. The number of aromatic nitrogens is 1. The summed E-state index contributed by atoms with van der Waals surface area (Å²) < 4.78 is 10.3. The van der Waals surface area contributed by atoms with Crippen LogP contribution in [0.2, 0.25) is 0 Å². The summed E-state index contributed by atoms with van der Waals surface area (Å²) in [5.41, 5.74) is 1.32. The molecule has 0 spiro atoms. The number of hydrogen-bond donors (Lipinski definition) is 1. The number of carbonyl (C=O) groups excluding carboxylic acids is 1. The van der Waals surface area contributed by atoms with Crippen LogP contribution in [0.15, 0.2) is 36.4 Å². The van der Waals surface area contributed by atoms with Gasteiger partial charge < -0.3 is 14.8 Å². The molecular weight excluding hydrogens is 256 g/mol. The molecule has 5 nitrogen and oxygen atoms in total. The number of amides is 1. The van der Waals surface area contributed by atoms with Crippen molar-refractivity contribution in [3.05, 3.63) is 47.7 Å². The molecule has 5 heteroatoms. The third-order valence-corrected chi connectivity index (χ3v) is 2.78. The van der Waals surface area contributed by atoms with Gasteiger partial charge >= 0.3 is 0 Å². The van der Waals surface area contributed by atoms with Crippen LogP contribution in [-0.4, -0.2) is 25.1 Å². The SMILES string of the molecule is COc1ccc(C(=O)Nc2cccc(C)n2)cc1OC. The Kier molecular flexibility index (Phi) is 4.20. The number of pyridine rings is 1. The van der Waals surface area contributed by atoms with Gasteiger partial charge in [0.2, 0.25) is 0 Å². The zero-order chi connectivity index (χ0) is 14.5. The number of methoxy groups -OCH3 is 2. The number of rotatable bonds is 4. The molecule has 0 aliphatic carbocycles. The van der Waals surface area contributed by atoms with E-state index in [-0.39, 0.29) is 5.91 Å². The molecule has 1 N–H and O–H groups in total. The Morgan fingerprint density at radius 1 is 1.10 bits per heavy atom. The summed E-state index contributed by atoms with van der Waals surface area (Å²) in [5.74, 6) is 1.36. The van der Waals surface area contributed by atoms with Gasteiger partial charge in [0.15, 0.2) is 11.5 Å². The second-order valence-electron chi connectivity index (χ2n) is 4.19. The molecular formula is C15H16N2O3. The maximum absolute atomic E-state index is 12.1. The van der Waals surface area contributed by atoms with Crippen LogP contribution in [-0.2, 0) is 0 Å². The van der Waals surface area contributed by atoms with E-state index in [1.165, 1.54) is 7.11 Å². The standard InChI is InChI=1S/C15H16N2O3/c1-10-5-4-6-14(16-10)17-15(18)11-7-8-12(19-2)13(9-11)20-3/h4-9H,1-3H3,(H,16,17,18). The average molecular weight is 272 g/mol. The number of ether oxygens (including phenoxy) is 2. The molecule has 0 aliphatic heterocycles. The van der Waals surface area contributed by atoms with Crippen molar-refractivity contribution in [2.45, 2.75) is 6.92 Å². The lowest BCUT2D eigenvalue weighted by atomic mass is 10.2. The first-order valence-corrected chi connectivity index (χ1v) is 6.11. The van der Waals surface area contributed by atoms with Crippen molar-refractivity contribution in [1.82, 2.24) is 4.98 Å². The van der Waals surface area contributed by atoms with Gasteiger partial charge in [0.05, 0.1) is 14.2 Å². The Labute approximate surface area is 117 Å². The van der Waals surface area contributed by atoms with E-state index in [2.05, 4.69) is 10.3 Å². The minimum Gasteiger partial charge on any atom is -0.493 e. The van der Waals surface area contributed by atoms with Crippen LogP contribution in [0.1, 0.15) is 16.1 Å². The molecule has 0 unspecified atom stereocenters. The van der Waals surface area contributed by atoms with Crippen LogP contribution in [0.4, 0.5) is 5.82 Å². The van der Waals surface area contributed by atoms with Crippen LogP contribution in [0, 0.1) is 6.92 Å². The minimum atomic E-state index is -0.246. The van der Waals surface area contributed by atoms with Gasteiger partial charge in [0, 0.05) is 11.3 Å². The molecule has 104 valence electrons. The summed E-state index contributed by atoms with van der Waals surface area (Å²) in [7, 11) is 3.08. The molecule has 1 aromatic heterocycles. The van der Waals surface area contributed by atoms with Gasteiger partial charge in [-0.05, 0) is 37.3 Å². The summed E-state index contributed by atoms with van der Waals surface area (Å²) in [5, 5.41) is 2.74. The van der Waals surface area contributed by atoms with Crippen molar-refractivity contribution in [1.29, 1.82) is 0 Å². The highest BCUT2D eigenvalue weighted by molar-refractivity contribution is 6.04. The molecule has 1 aromatic carbocycles. The molecule has 2 rings (SSSR count). The smallest absolute Gasteiger partial charge is 0.256 e. The zero-order valence-corrected chi connectivity index (χ0v) is 11.6. The van der Waals surface area contributed by atoms with Crippen LogP contribution in [0.5, 0.6) is 11.5 Å². The maximum Gasteiger partial charge on any atom is 0.256 e. The monoisotopic (exact) mass is 272 g/mol. The summed E-state index contributed by atoms with van der Waals surface area (Å²) >= 11 is 0. The van der Waals surface area contributed by atoms with Crippen molar-refractivity contribution in [3.63, 3.8) is 0 Å². The van der Waals surface area contributed by atoms with Crippen molar-refractivity contribution in [2.75, 3.05) is 19.5 Å². The third kappa shape index (κ3) is 3.06. The summed E-state index contributed by atoms with van der Waals surface area (Å²) in [6.45, 7) is 1.87. The van der Waals surface area contributed by atoms with E-state index in [0.29, 0.717) is 22.9 Å². The molecule has 0 saturated heterocycles. The molecule has 0 atom stereocenters. The van der Waals surface area contributed by atoms with Crippen molar-refractivity contribution in [2.24, 2.45) is 0 Å². The molecule has 1 amide bonds. The molecule has 1 heterocycles. The van der Waals surface area contributed by atoms with E-state index in [1.807, 2.05) is 19.1 Å². The number of nitrogens with zero attached hydrogens (tertiary/aromatic N) is 1. The first-order chi connectivity index (χ1) is 9.63. The maximum atomic E-state index is 12.1. The highest BCUT2D eigenvalue weighted by atomic mass is 16.5. The van der Waals surface area contributed by atoms with Gasteiger partial charge in [-0.2, -0.15) is 0 Å². The van der Waals surface area contributed by atoms with Gasteiger partial charge in [-0.15, -0.1) is 0 Å². The highest BCUT2D eigenvalue weighted by Gasteiger charge is 2.11. The summed E-state index contributed by atoms with van der Waals surface area (Å²) in [4.78, 5) is 16.4. The predicted molar refractivity (Wildman–Crippen MR) is 76.5 cm³/mol. The molecule has 2 aromatic rings. The molecule has 0 fully saturated rings. The summed E-state index contributed by atoms with van der Waals surface area (Å²) in [6.07, 6.45) is 0. The van der Waals surface area contributed by atoms with E-state index in [1.54, 1.807) is 31.4 Å². The Morgan fingerprint density at radius 2 is 1.85 bits per heavy atom. The lowest BCUT2D eigenvalue weighted by molar-refractivity contribution is 0.102. The van der Waals surface area contributed by atoms with E-state index in [9.17, 15) is 4.79 Å². The van der Waals surface area contributed by atoms with Gasteiger partial charge in [-0.25, -0.2) is 4.98 Å². The molecule has 0 radical (unpaired) electrons. The summed E-state index contributed by atoms with van der Waals surface area (Å²) in [6, 6.07) is 10.4. The first-order valence-electron chi connectivity index (χ1n) is 6.11. The topological polar surface area (TPSA) is 60.5 Å². The fourth-order valence-corrected chi connectivity index (χ4v) is 1.78. The highest BCUT2D eigenvalue weighted by Crippen LogP contribution is 2.27. The Morgan fingerprint density at radius 3 is 2.50 bits per heavy atom. The normalized spacial score (nSPS) is 9.95. The van der Waals surface area contributed by atoms with Crippen LogP contribution in [0.25, 0.3) is 0 Å². The number of benzene rings is 1. The van der Waals surface area contributed by atoms with E-state index < -0.39 is 0 Å². The second kappa shape index (κ2) is 6.06. The van der Waals surface area contributed by atoms with Crippen molar-refractivity contribution >= 4 is 11.7 Å². The third-order valence-electron chi connectivity index (χ3n) is 2.78. The first kappa shape index (κ1) is 13.9. The largest absolute Gasteiger partial charge is 0.493 e. The fraction of sp³-hybridized carbons (Fsp3) is 0.200. The van der Waals surface area contributed by atoms with Crippen molar-refractivity contribution < 1.29 is 14.3 Å². The van der Waals surface area contributed by atoms with Gasteiger partial charge in [-0.1, -0.05) is 6.07 Å². The second-order valence-corrected chi connectivity index (χ2v) is 4.19. The molecule has 0 aliphatic rings. The number of hydrogen-bond acceptors (Lipinski definition) is 4. The van der Waals surface area contributed by atoms with Crippen LogP contribution in [0.3, 0.4) is 0 Å². The van der Waals surface area contributed by atoms with Crippen LogP contribution < -0.4 is 14.8 Å². The molecule has 0 bridgehead atoms. The fourth-order valence-electron chi connectivity index (χ4n) is 1.78.